The highest BCUT2D eigenvalue weighted by Gasteiger charge is 2.22. The summed E-state index contributed by atoms with van der Waals surface area (Å²) in [6.45, 7) is 7.59. The molecule has 1 aliphatic rings. The maximum atomic E-state index is 6.15. The number of rotatable bonds is 6. The third-order valence-electron chi connectivity index (χ3n) is 3.94. The van der Waals surface area contributed by atoms with Crippen LogP contribution >= 0.6 is 0 Å². The Morgan fingerprint density at radius 1 is 1.37 bits per heavy atom. The molecule has 0 fully saturated rings. The molecule has 19 heavy (non-hydrogen) atoms. The summed E-state index contributed by atoms with van der Waals surface area (Å²) in [7, 11) is 0. The highest BCUT2D eigenvalue weighted by molar-refractivity contribution is 5.43. The summed E-state index contributed by atoms with van der Waals surface area (Å²) in [6, 6.07) is 7.06. The zero-order chi connectivity index (χ0) is 13.7. The fourth-order valence-electron chi connectivity index (χ4n) is 3.07. The Morgan fingerprint density at radius 3 is 2.95 bits per heavy atom. The van der Waals surface area contributed by atoms with Gasteiger partial charge in [-0.3, -0.25) is 0 Å². The van der Waals surface area contributed by atoms with Crippen molar-refractivity contribution in [2.75, 3.05) is 6.54 Å². The minimum Gasteiger partial charge on any atom is -0.490 e. The van der Waals surface area contributed by atoms with Gasteiger partial charge >= 0.3 is 0 Å². The monoisotopic (exact) mass is 261 g/mol. The molecule has 0 saturated carbocycles. The van der Waals surface area contributed by atoms with Gasteiger partial charge in [0.1, 0.15) is 5.75 Å². The summed E-state index contributed by atoms with van der Waals surface area (Å²) in [5.41, 5.74) is 2.89. The van der Waals surface area contributed by atoms with Gasteiger partial charge < -0.3 is 10.1 Å². The molecular formula is C17H27NO. The number of nitrogens with one attached hydrogen (secondary N) is 1. The Bertz CT molecular complexity index is 402. The lowest BCUT2D eigenvalue weighted by Crippen LogP contribution is -2.25. The van der Waals surface area contributed by atoms with Crippen LogP contribution in [0, 0.1) is 0 Å². The Morgan fingerprint density at radius 2 is 2.21 bits per heavy atom. The van der Waals surface area contributed by atoms with Crippen LogP contribution in [-0.2, 0) is 6.42 Å². The average Bonchev–Trinajstić information content (AvgIpc) is 2.40. The summed E-state index contributed by atoms with van der Waals surface area (Å²) >= 11 is 0. The van der Waals surface area contributed by atoms with Crippen molar-refractivity contribution in [3.8, 4) is 5.75 Å². The SMILES string of the molecule is CCCC(C)Oc1cccc2c1CCCC2NCC. The quantitative estimate of drug-likeness (QED) is 0.827. The van der Waals surface area contributed by atoms with E-state index in [4.69, 9.17) is 4.74 Å². The van der Waals surface area contributed by atoms with E-state index < -0.39 is 0 Å². The second-order valence-electron chi connectivity index (χ2n) is 5.54. The number of ether oxygens (including phenoxy) is 1. The van der Waals surface area contributed by atoms with Crippen LogP contribution in [-0.4, -0.2) is 12.6 Å². The third kappa shape index (κ3) is 3.50. The molecule has 1 aromatic rings. The number of benzene rings is 1. The lowest BCUT2D eigenvalue weighted by Gasteiger charge is -2.28. The summed E-state index contributed by atoms with van der Waals surface area (Å²) in [4.78, 5) is 0. The Labute approximate surface area is 117 Å². The summed E-state index contributed by atoms with van der Waals surface area (Å²) in [5.74, 6) is 1.11. The first-order valence-electron chi connectivity index (χ1n) is 7.78. The zero-order valence-corrected chi connectivity index (χ0v) is 12.5. The molecule has 0 spiro atoms. The molecule has 1 aromatic carbocycles. The molecule has 2 unspecified atom stereocenters. The van der Waals surface area contributed by atoms with E-state index in [9.17, 15) is 0 Å². The molecule has 0 amide bonds. The zero-order valence-electron chi connectivity index (χ0n) is 12.5. The van der Waals surface area contributed by atoms with Crippen LogP contribution in [0.2, 0.25) is 0 Å². The first-order chi connectivity index (χ1) is 9.26. The topological polar surface area (TPSA) is 21.3 Å². The molecule has 1 N–H and O–H groups in total. The minimum absolute atomic E-state index is 0.316. The Hall–Kier alpha value is -1.02. The van der Waals surface area contributed by atoms with Gasteiger partial charge in [-0.05, 0) is 56.3 Å². The van der Waals surface area contributed by atoms with Crippen molar-refractivity contribution in [1.29, 1.82) is 0 Å². The van der Waals surface area contributed by atoms with Gasteiger partial charge in [-0.25, -0.2) is 0 Å². The molecule has 0 heterocycles. The second kappa shape index (κ2) is 6.95. The van der Waals surface area contributed by atoms with Crippen molar-refractivity contribution in [1.82, 2.24) is 5.32 Å². The Balaban J connectivity index is 2.19. The van der Waals surface area contributed by atoms with Crippen molar-refractivity contribution >= 4 is 0 Å². The van der Waals surface area contributed by atoms with Gasteiger partial charge in [0.05, 0.1) is 6.10 Å². The van der Waals surface area contributed by atoms with Crippen LogP contribution in [0.15, 0.2) is 18.2 Å². The van der Waals surface area contributed by atoms with Gasteiger partial charge in [0, 0.05) is 6.04 Å². The van der Waals surface area contributed by atoms with E-state index in [2.05, 4.69) is 44.3 Å². The van der Waals surface area contributed by atoms with Crippen molar-refractivity contribution in [2.45, 2.75) is 65.0 Å². The average molecular weight is 261 g/mol. The second-order valence-corrected chi connectivity index (χ2v) is 5.54. The lowest BCUT2D eigenvalue weighted by molar-refractivity contribution is 0.206. The van der Waals surface area contributed by atoms with Gasteiger partial charge in [-0.15, -0.1) is 0 Å². The first-order valence-corrected chi connectivity index (χ1v) is 7.78. The van der Waals surface area contributed by atoms with Gasteiger partial charge in [-0.1, -0.05) is 32.4 Å². The molecule has 0 radical (unpaired) electrons. The standard InChI is InChI=1S/C17H27NO/c1-4-8-13(3)19-17-12-7-9-14-15(17)10-6-11-16(14)18-5-2/h7,9,12-13,16,18H,4-6,8,10-11H2,1-3H3. The maximum absolute atomic E-state index is 6.15. The lowest BCUT2D eigenvalue weighted by atomic mass is 9.87. The number of hydrogen-bond donors (Lipinski definition) is 1. The molecule has 0 bridgehead atoms. The third-order valence-corrected chi connectivity index (χ3v) is 3.94. The van der Waals surface area contributed by atoms with Crippen LogP contribution < -0.4 is 10.1 Å². The molecule has 2 rings (SSSR count). The summed E-state index contributed by atoms with van der Waals surface area (Å²) < 4.78 is 6.15. The van der Waals surface area contributed by atoms with Crippen LogP contribution in [0.25, 0.3) is 0 Å². The van der Waals surface area contributed by atoms with Crippen molar-refractivity contribution < 1.29 is 4.74 Å². The van der Waals surface area contributed by atoms with E-state index in [0.717, 1.165) is 25.1 Å². The van der Waals surface area contributed by atoms with Crippen LogP contribution in [0.3, 0.4) is 0 Å². The largest absolute Gasteiger partial charge is 0.490 e. The molecule has 0 saturated heterocycles. The summed E-state index contributed by atoms with van der Waals surface area (Å²) in [5, 5.41) is 3.59. The highest BCUT2D eigenvalue weighted by atomic mass is 16.5. The molecule has 2 atom stereocenters. The molecule has 1 aliphatic carbocycles. The van der Waals surface area contributed by atoms with E-state index in [0.29, 0.717) is 12.1 Å². The van der Waals surface area contributed by atoms with Crippen LogP contribution in [0.4, 0.5) is 0 Å². The number of fused-ring (bicyclic) bond motifs is 1. The molecule has 106 valence electrons. The van der Waals surface area contributed by atoms with Crippen molar-refractivity contribution in [3.05, 3.63) is 29.3 Å². The van der Waals surface area contributed by atoms with E-state index in [1.165, 1.54) is 30.4 Å². The van der Waals surface area contributed by atoms with Gasteiger partial charge in [0.15, 0.2) is 0 Å². The molecule has 2 heteroatoms. The van der Waals surface area contributed by atoms with Crippen LogP contribution in [0.5, 0.6) is 5.75 Å². The number of hydrogen-bond acceptors (Lipinski definition) is 2. The van der Waals surface area contributed by atoms with Crippen LogP contribution in [0.1, 0.15) is 63.6 Å². The van der Waals surface area contributed by atoms with Crippen molar-refractivity contribution in [3.63, 3.8) is 0 Å². The predicted molar refractivity (Wildman–Crippen MR) is 80.8 cm³/mol. The van der Waals surface area contributed by atoms with E-state index in [-0.39, 0.29) is 0 Å². The molecule has 0 aromatic heterocycles. The smallest absolute Gasteiger partial charge is 0.123 e. The minimum atomic E-state index is 0.316. The normalized spacial score (nSPS) is 19.8. The summed E-state index contributed by atoms with van der Waals surface area (Å²) in [6.07, 6.45) is 6.28. The van der Waals surface area contributed by atoms with E-state index in [1.807, 2.05) is 0 Å². The van der Waals surface area contributed by atoms with Gasteiger partial charge in [0.25, 0.3) is 0 Å². The predicted octanol–water partition coefficient (Wildman–Crippen LogP) is 4.24. The van der Waals surface area contributed by atoms with E-state index in [1.54, 1.807) is 0 Å². The van der Waals surface area contributed by atoms with Crippen molar-refractivity contribution in [2.24, 2.45) is 0 Å². The highest BCUT2D eigenvalue weighted by Crippen LogP contribution is 2.35. The first kappa shape index (κ1) is 14.4. The van der Waals surface area contributed by atoms with E-state index >= 15 is 0 Å². The fraction of sp³-hybridized carbons (Fsp3) is 0.647. The molecule has 2 nitrogen and oxygen atoms in total. The molecule has 0 aliphatic heterocycles. The fourth-order valence-corrected chi connectivity index (χ4v) is 3.07. The maximum Gasteiger partial charge on any atom is 0.123 e. The van der Waals surface area contributed by atoms with Gasteiger partial charge in [-0.2, -0.15) is 0 Å². The molecular weight excluding hydrogens is 234 g/mol. The van der Waals surface area contributed by atoms with Gasteiger partial charge in [0.2, 0.25) is 0 Å². The Kier molecular flexibility index (Phi) is 5.26.